The second-order valence-corrected chi connectivity index (χ2v) is 5.98. The monoisotopic (exact) mass is 362 g/mol. The molecule has 0 aliphatic carbocycles. The highest BCUT2D eigenvalue weighted by molar-refractivity contribution is 7.10. The van der Waals surface area contributed by atoms with E-state index in [1.54, 1.807) is 36.4 Å². The van der Waals surface area contributed by atoms with Crippen molar-refractivity contribution >= 4 is 34.8 Å². The molecule has 0 radical (unpaired) electrons. The molecule has 0 fully saturated rings. The molecule has 0 saturated carbocycles. The molecule has 0 saturated heterocycles. The van der Waals surface area contributed by atoms with Crippen molar-refractivity contribution in [3.63, 3.8) is 0 Å². The first-order valence-electron chi connectivity index (χ1n) is 7.39. The molecule has 1 aromatic carbocycles. The molecule has 0 aliphatic rings. The second kappa shape index (κ2) is 8.84. The van der Waals surface area contributed by atoms with Gasteiger partial charge in [0, 0.05) is 10.6 Å². The molecule has 0 spiro atoms. The number of amides is 2. The van der Waals surface area contributed by atoms with Crippen molar-refractivity contribution in [3.8, 4) is 5.75 Å². The highest BCUT2D eigenvalue weighted by Gasteiger charge is 2.23. The third-order valence-electron chi connectivity index (χ3n) is 3.34. The fourth-order valence-corrected chi connectivity index (χ4v) is 2.83. The number of benzene rings is 1. The van der Waals surface area contributed by atoms with Crippen LogP contribution in [0.1, 0.15) is 17.3 Å². The molecular formula is C17H18N2O5S. The van der Waals surface area contributed by atoms with Gasteiger partial charge >= 0.3 is 17.8 Å². The smallest absolute Gasteiger partial charge is 0.313 e. The molecule has 0 unspecified atom stereocenters. The molecular weight excluding hydrogens is 344 g/mol. The Bertz CT molecular complexity index is 728. The Morgan fingerprint density at radius 2 is 1.80 bits per heavy atom. The van der Waals surface area contributed by atoms with Crippen LogP contribution in [0, 0.1) is 0 Å². The maximum absolute atomic E-state index is 12.2. The van der Waals surface area contributed by atoms with E-state index in [1.165, 1.54) is 25.6 Å². The number of carbonyl (C=O) groups excluding carboxylic acids is 3. The lowest BCUT2D eigenvalue weighted by Gasteiger charge is -2.16. The number of rotatable bonds is 6. The summed E-state index contributed by atoms with van der Waals surface area (Å²) < 4.78 is 9.67. The van der Waals surface area contributed by atoms with Crippen molar-refractivity contribution < 1.29 is 23.9 Å². The third-order valence-corrected chi connectivity index (χ3v) is 4.33. The van der Waals surface area contributed by atoms with Crippen molar-refractivity contribution in [2.24, 2.45) is 0 Å². The van der Waals surface area contributed by atoms with Gasteiger partial charge in [-0.3, -0.25) is 14.4 Å². The van der Waals surface area contributed by atoms with Gasteiger partial charge < -0.3 is 20.1 Å². The van der Waals surface area contributed by atoms with Gasteiger partial charge in [-0.25, -0.2) is 0 Å². The first kappa shape index (κ1) is 18.5. The van der Waals surface area contributed by atoms with Crippen molar-refractivity contribution in [2.45, 2.75) is 12.5 Å². The average Bonchev–Trinajstić information content (AvgIpc) is 3.16. The molecule has 0 aliphatic heterocycles. The van der Waals surface area contributed by atoms with E-state index in [0.717, 1.165) is 4.88 Å². The number of nitrogens with one attached hydrogen (secondary N) is 2. The zero-order chi connectivity index (χ0) is 18.2. The number of methoxy groups -OCH3 is 2. The van der Waals surface area contributed by atoms with E-state index >= 15 is 0 Å². The summed E-state index contributed by atoms with van der Waals surface area (Å²) in [6.45, 7) is 0. The fraction of sp³-hybridized carbons (Fsp3) is 0.235. The first-order chi connectivity index (χ1) is 12.0. The number of anilines is 1. The van der Waals surface area contributed by atoms with Gasteiger partial charge in [0.2, 0.25) is 0 Å². The minimum absolute atomic E-state index is 0.0570. The van der Waals surface area contributed by atoms with E-state index < -0.39 is 23.8 Å². The molecule has 1 atom stereocenters. The summed E-state index contributed by atoms with van der Waals surface area (Å²) in [5.41, 5.74) is 0.460. The summed E-state index contributed by atoms with van der Waals surface area (Å²) in [4.78, 5) is 36.5. The van der Waals surface area contributed by atoms with Gasteiger partial charge in [0.25, 0.3) is 0 Å². The minimum atomic E-state index is -0.835. The van der Waals surface area contributed by atoms with Crippen LogP contribution in [0.4, 0.5) is 5.69 Å². The van der Waals surface area contributed by atoms with Crippen molar-refractivity contribution in [3.05, 3.63) is 46.7 Å². The van der Waals surface area contributed by atoms with Gasteiger partial charge in [-0.05, 0) is 35.7 Å². The predicted octanol–water partition coefficient (Wildman–Crippen LogP) is 2.12. The zero-order valence-electron chi connectivity index (χ0n) is 13.8. The predicted molar refractivity (Wildman–Crippen MR) is 93.5 cm³/mol. The highest BCUT2D eigenvalue weighted by Crippen LogP contribution is 2.22. The van der Waals surface area contributed by atoms with E-state index in [0.29, 0.717) is 11.4 Å². The summed E-state index contributed by atoms with van der Waals surface area (Å²) in [5, 5.41) is 6.88. The minimum Gasteiger partial charge on any atom is -0.497 e. The number of ether oxygens (including phenoxy) is 2. The number of hydrogen-bond donors (Lipinski definition) is 2. The van der Waals surface area contributed by atoms with Gasteiger partial charge in [0.05, 0.1) is 26.7 Å². The lowest BCUT2D eigenvalue weighted by molar-refractivity contribution is -0.142. The van der Waals surface area contributed by atoms with E-state index in [9.17, 15) is 14.4 Å². The molecule has 2 aromatic rings. The summed E-state index contributed by atoms with van der Waals surface area (Å²) in [5.74, 6) is -1.50. The van der Waals surface area contributed by atoms with Gasteiger partial charge in [-0.1, -0.05) is 6.07 Å². The maximum Gasteiger partial charge on any atom is 0.313 e. The summed E-state index contributed by atoms with van der Waals surface area (Å²) in [7, 11) is 2.80. The van der Waals surface area contributed by atoms with Crippen LogP contribution in [-0.4, -0.2) is 32.0 Å². The molecule has 1 heterocycles. The lowest BCUT2D eigenvalue weighted by atomic mass is 10.1. The van der Waals surface area contributed by atoms with Gasteiger partial charge in [-0.15, -0.1) is 11.3 Å². The molecule has 132 valence electrons. The van der Waals surface area contributed by atoms with Crippen LogP contribution in [0.25, 0.3) is 0 Å². The molecule has 2 N–H and O–H groups in total. The normalized spacial score (nSPS) is 11.3. The van der Waals surface area contributed by atoms with Crippen LogP contribution in [0.3, 0.4) is 0 Å². The van der Waals surface area contributed by atoms with Gasteiger partial charge in [-0.2, -0.15) is 0 Å². The summed E-state index contributed by atoms with van der Waals surface area (Å²) >= 11 is 1.38. The molecule has 0 bridgehead atoms. The van der Waals surface area contributed by atoms with Crippen LogP contribution in [-0.2, 0) is 19.1 Å². The summed E-state index contributed by atoms with van der Waals surface area (Å²) in [6.07, 6.45) is -0.0570. The maximum atomic E-state index is 12.2. The average molecular weight is 362 g/mol. The molecule has 1 aromatic heterocycles. The molecule has 25 heavy (non-hydrogen) atoms. The SMILES string of the molecule is COC(=O)C[C@H](NC(=O)C(=O)Nc1ccc(OC)cc1)c1cccs1. The van der Waals surface area contributed by atoms with Crippen molar-refractivity contribution in [1.82, 2.24) is 5.32 Å². The van der Waals surface area contributed by atoms with E-state index in [2.05, 4.69) is 15.4 Å². The Hall–Kier alpha value is -2.87. The Morgan fingerprint density at radius 3 is 2.36 bits per heavy atom. The first-order valence-corrected chi connectivity index (χ1v) is 8.27. The Morgan fingerprint density at radius 1 is 1.08 bits per heavy atom. The summed E-state index contributed by atoms with van der Waals surface area (Å²) in [6, 6.07) is 9.53. The quantitative estimate of drug-likeness (QED) is 0.606. The standard InChI is InChI=1S/C17H18N2O5S/c1-23-12-7-5-11(6-8-12)18-16(21)17(22)19-13(10-15(20)24-2)14-4-3-9-25-14/h3-9,13H,10H2,1-2H3,(H,18,21)(H,19,22)/t13-/m0/s1. The van der Waals surface area contributed by atoms with E-state index in [-0.39, 0.29) is 6.42 Å². The number of thiophene rings is 1. The van der Waals surface area contributed by atoms with E-state index in [1.807, 2.05) is 5.38 Å². The van der Waals surface area contributed by atoms with Crippen LogP contribution in [0.2, 0.25) is 0 Å². The van der Waals surface area contributed by atoms with Crippen molar-refractivity contribution in [1.29, 1.82) is 0 Å². The van der Waals surface area contributed by atoms with Crippen LogP contribution in [0.15, 0.2) is 41.8 Å². The number of esters is 1. The number of hydrogen-bond acceptors (Lipinski definition) is 6. The molecule has 7 nitrogen and oxygen atoms in total. The number of carbonyl (C=O) groups is 3. The Labute approximate surface area is 148 Å². The topological polar surface area (TPSA) is 93.7 Å². The second-order valence-electron chi connectivity index (χ2n) is 5.00. The molecule has 8 heteroatoms. The Kier molecular flexibility index (Phi) is 6.53. The zero-order valence-corrected chi connectivity index (χ0v) is 14.6. The molecule has 2 amide bonds. The van der Waals surface area contributed by atoms with Crippen LogP contribution >= 0.6 is 11.3 Å². The van der Waals surface area contributed by atoms with Crippen LogP contribution < -0.4 is 15.4 Å². The Balaban J connectivity index is 2.01. The van der Waals surface area contributed by atoms with Crippen molar-refractivity contribution in [2.75, 3.05) is 19.5 Å². The largest absolute Gasteiger partial charge is 0.497 e. The van der Waals surface area contributed by atoms with Gasteiger partial charge in [0.15, 0.2) is 0 Å². The third kappa shape index (κ3) is 5.32. The fourth-order valence-electron chi connectivity index (χ4n) is 2.05. The van der Waals surface area contributed by atoms with Crippen LogP contribution in [0.5, 0.6) is 5.75 Å². The van der Waals surface area contributed by atoms with Gasteiger partial charge in [0.1, 0.15) is 5.75 Å². The highest BCUT2D eigenvalue weighted by atomic mass is 32.1. The lowest BCUT2D eigenvalue weighted by Crippen LogP contribution is -2.38. The molecule has 2 rings (SSSR count). The van der Waals surface area contributed by atoms with E-state index in [4.69, 9.17) is 4.74 Å².